The van der Waals surface area contributed by atoms with Crippen molar-refractivity contribution in [1.82, 2.24) is 24.7 Å². The summed E-state index contributed by atoms with van der Waals surface area (Å²) in [6.45, 7) is 1.39. The number of sulfone groups is 1. The summed E-state index contributed by atoms with van der Waals surface area (Å²) in [5.74, 6) is 1.18. The minimum absolute atomic E-state index is 0.207. The van der Waals surface area contributed by atoms with E-state index in [9.17, 15) is 12.8 Å². The SMILES string of the molecule is COc1cccc(OC)c1-n1c(CS(=O)(=O)[C@H]2CCCN(c3ncc(F)cn3)C2)nnc1[C@H]1CCCO1. The van der Waals surface area contributed by atoms with E-state index in [0.29, 0.717) is 55.0 Å². The van der Waals surface area contributed by atoms with Gasteiger partial charge in [-0.25, -0.2) is 22.8 Å². The summed E-state index contributed by atoms with van der Waals surface area (Å²) in [6, 6.07) is 5.34. The first-order chi connectivity index (χ1) is 17.9. The molecule has 0 spiro atoms. The fourth-order valence-electron chi connectivity index (χ4n) is 4.89. The van der Waals surface area contributed by atoms with E-state index in [0.717, 1.165) is 25.2 Å². The van der Waals surface area contributed by atoms with Crippen molar-refractivity contribution in [3.63, 3.8) is 0 Å². The Bertz CT molecular complexity index is 1320. The second kappa shape index (κ2) is 10.6. The molecule has 0 bridgehead atoms. The number of piperidine rings is 1. The highest BCUT2D eigenvalue weighted by molar-refractivity contribution is 7.91. The first-order valence-electron chi connectivity index (χ1n) is 12.1. The third-order valence-electron chi connectivity index (χ3n) is 6.70. The highest BCUT2D eigenvalue weighted by Gasteiger charge is 2.35. The highest BCUT2D eigenvalue weighted by atomic mass is 32.2. The van der Waals surface area contributed by atoms with E-state index < -0.39 is 20.9 Å². The lowest BCUT2D eigenvalue weighted by Gasteiger charge is -2.32. The molecule has 2 aromatic heterocycles. The molecule has 0 amide bonds. The summed E-state index contributed by atoms with van der Waals surface area (Å²) >= 11 is 0. The first kappa shape index (κ1) is 25.3. The Kier molecular flexibility index (Phi) is 7.24. The second-order valence-corrected chi connectivity index (χ2v) is 11.3. The predicted molar refractivity (Wildman–Crippen MR) is 132 cm³/mol. The maximum atomic E-state index is 13.7. The van der Waals surface area contributed by atoms with Crippen LogP contribution in [0, 0.1) is 5.82 Å². The van der Waals surface area contributed by atoms with E-state index in [-0.39, 0.29) is 24.2 Å². The summed E-state index contributed by atoms with van der Waals surface area (Å²) in [4.78, 5) is 9.81. The molecule has 37 heavy (non-hydrogen) atoms. The number of ether oxygens (including phenoxy) is 3. The van der Waals surface area contributed by atoms with Crippen LogP contribution >= 0.6 is 0 Å². The van der Waals surface area contributed by atoms with Crippen LogP contribution in [0.2, 0.25) is 0 Å². The molecule has 0 saturated carbocycles. The van der Waals surface area contributed by atoms with E-state index >= 15 is 0 Å². The summed E-state index contributed by atoms with van der Waals surface area (Å²) in [5.41, 5.74) is 0.526. The number of anilines is 1. The molecule has 0 radical (unpaired) electrons. The van der Waals surface area contributed by atoms with Crippen molar-refractivity contribution in [2.45, 2.75) is 42.8 Å². The average Bonchev–Trinajstić information content (AvgIpc) is 3.58. The lowest BCUT2D eigenvalue weighted by molar-refractivity contribution is 0.103. The standard InChI is InChI=1S/C24H29FN6O5S/c1-34-18-7-3-8-19(35-2)22(18)31-21(28-29-23(31)20-9-5-11-36-20)15-37(32,33)17-6-4-10-30(14-17)24-26-12-16(25)13-27-24/h3,7-8,12-13,17,20H,4-6,9-11,14-15H2,1-2H3/t17-,20+/m0/s1. The van der Waals surface area contributed by atoms with Gasteiger partial charge in [-0.3, -0.25) is 4.57 Å². The topological polar surface area (TPSA) is 122 Å². The van der Waals surface area contributed by atoms with Crippen LogP contribution in [0.1, 0.15) is 43.4 Å². The van der Waals surface area contributed by atoms with Crippen molar-refractivity contribution in [2.75, 3.05) is 38.8 Å². The van der Waals surface area contributed by atoms with E-state index in [1.165, 1.54) is 0 Å². The zero-order valence-electron chi connectivity index (χ0n) is 20.7. The van der Waals surface area contributed by atoms with Gasteiger partial charge in [-0.1, -0.05) is 6.07 Å². The molecule has 0 N–H and O–H groups in total. The summed E-state index contributed by atoms with van der Waals surface area (Å²) in [6.07, 6.45) is 4.59. The molecule has 4 heterocycles. The van der Waals surface area contributed by atoms with Crippen LogP contribution in [0.3, 0.4) is 0 Å². The van der Waals surface area contributed by atoms with Crippen LogP contribution in [-0.4, -0.2) is 72.3 Å². The van der Waals surface area contributed by atoms with Crippen LogP contribution < -0.4 is 14.4 Å². The molecule has 13 heteroatoms. The fraction of sp³-hybridized carbons (Fsp3) is 0.500. The number of methoxy groups -OCH3 is 2. The number of nitrogens with zero attached hydrogens (tertiary/aromatic N) is 6. The van der Waals surface area contributed by atoms with E-state index in [1.807, 2.05) is 0 Å². The number of hydrogen-bond acceptors (Lipinski definition) is 10. The van der Waals surface area contributed by atoms with E-state index in [1.54, 1.807) is 41.9 Å². The minimum Gasteiger partial charge on any atom is -0.494 e. The molecule has 3 aromatic rings. The number of hydrogen-bond donors (Lipinski definition) is 0. The molecular weight excluding hydrogens is 503 g/mol. The largest absolute Gasteiger partial charge is 0.494 e. The maximum Gasteiger partial charge on any atom is 0.225 e. The van der Waals surface area contributed by atoms with Crippen molar-refractivity contribution in [1.29, 1.82) is 0 Å². The van der Waals surface area contributed by atoms with Gasteiger partial charge >= 0.3 is 0 Å². The molecule has 11 nitrogen and oxygen atoms in total. The number of benzene rings is 1. The van der Waals surface area contributed by atoms with Gasteiger partial charge in [0.25, 0.3) is 0 Å². The monoisotopic (exact) mass is 532 g/mol. The van der Waals surface area contributed by atoms with E-state index in [4.69, 9.17) is 14.2 Å². The average molecular weight is 533 g/mol. The lowest BCUT2D eigenvalue weighted by atomic mass is 10.1. The third-order valence-corrected chi connectivity index (χ3v) is 8.77. The molecule has 0 aliphatic carbocycles. The Hall–Kier alpha value is -3.32. The molecule has 198 valence electrons. The highest BCUT2D eigenvalue weighted by Crippen LogP contribution is 2.38. The van der Waals surface area contributed by atoms with Gasteiger partial charge in [0.15, 0.2) is 27.3 Å². The van der Waals surface area contributed by atoms with Gasteiger partial charge in [0.05, 0.1) is 31.9 Å². The normalized spacial score (nSPS) is 20.2. The van der Waals surface area contributed by atoms with Crippen LogP contribution in [0.15, 0.2) is 30.6 Å². The van der Waals surface area contributed by atoms with Crippen molar-refractivity contribution < 1.29 is 27.0 Å². The van der Waals surface area contributed by atoms with Crippen LogP contribution in [0.5, 0.6) is 11.5 Å². The Morgan fingerprint density at radius 1 is 1.08 bits per heavy atom. The molecular formula is C24H29FN6O5S. The van der Waals surface area contributed by atoms with Gasteiger partial charge in [-0.2, -0.15) is 0 Å². The Labute approximate surface area is 214 Å². The van der Waals surface area contributed by atoms with Gasteiger partial charge in [0.1, 0.15) is 29.0 Å². The van der Waals surface area contributed by atoms with Gasteiger partial charge < -0.3 is 19.1 Å². The number of rotatable bonds is 8. The summed E-state index contributed by atoms with van der Waals surface area (Å²) < 4.78 is 59.5. The fourth-order valence-corrected chi connectivity index (χ4v) is 6.60. The Balaban J connectivity index is 1.50. The van der Waals surface area contributed by atoms with Crippen LogP contribution in [-0.2, 0) is 20.3 Å². The molecule has 2 saturated heterocycles. The van der Waals surface area contributed by atoms with Crippen LogP contribution in [0.4, 0.5) is 10.3 Å². The third kappa shape index (κ3) is 5.10. The van der Waals surface area contributed by atoms with Crippen molar-refractivity contribution in [2.24, 2.45) is 0 Å². The molecule has 1 aromatic carbocycles. The maximum absolute atomic E-state index is 13.7. The van der Waals surface area contributed by atoms with Gasteiger partial charge in [-0.15, -0.1) is 10.2 Å². The lowest BCUT2D eigenvalue weighted by Crippen LogP contribution is -2.43. The quantitative estimate of drug-likeness (QED) is 0.428. The van der Waals surface area contributed by atoms with Crippen LogP contribution in [0.25, 0.3) is 5.69 Å². The summed E-state index contributed by atoms with van der Waals surface area (Å²) in [5, 5.41) is 8.01. The Morgan fingerprint density at radius 3 is 2.46 bits per heavy atom. The predicted octanol–water partition coefficient (Wildman–Crippen LogP) is 2.65. The first-order valence-corrected chi connectivity index (χ1v) is 13.8. The molecule has 2 atom stereocenters. The van der Waals surface area contributed by atoms with Gasteiger partial charge in [-0.05, 0) is 37.8 Å². The number of aromatic nitrogens is 5. The van der Waals surface area contributed by atoms with Crippen molar-refractivity contribution in [3.8, 4) is 17.2 Å². The summed E-state index contributed by atoms with van der Waals surface area (Å²) in [7, 11) is -0.601. The second-order valence-electron chi connectivity index (χ2n) is 9.04. The van der Waals surface area contributed by atoms with Crippen molar-refractivity contribution >= 4 is 15.8 Å². The van der Waals surface area contributed by atoms with Crippen molar-refractivity contribution in [3.05, 3.63) is 48.1 Å². The molecule has 2 fully saturated rings. The molecule has 5 rings (SSSR count). The molecule has 2 aliphatic rings. The zero-order chi connectivity index (χ0) is 26.0. The minimum atomic E-state index is -3.68. The molecule has 2 aliphatic heterocycles. The van der Waals surface area contributed by atoms with Gasteiger partial charge in [0, 0.05) is 19.7 Å². The smallest absolute Gasteiger partial charge is 0.225 e. The molecule has 0 unspecified atom stereocenters. The van der Waals surface area contributed by atoms with Gasteiger partial charge in [0.2, 0.25) is 5.95 Å². The van der Waals surface area contributed by atoms with E-state index in [2.05, 4.69) is 20.2 Å². The Morgan fingerprint density at radius 2 is 1.81 bits per heavy atom. The number of halogens is 1. The zero-order valence-corrected chi connectivity index (χ0v) is 21.5. The number of para-hydroxylation sites is 1.